The first-order valence-corrected chi connectivity index (χ1v) is 8.31. The standard InChI is InChI=1S/C14H22N4O2S/c1-10(2)18-11(3)16-13-8-12(6-7-14(13)18)9-15-21(19,20)17(4)5/h6-8,10,15H,9H2,1-5H3. The Hall–Kier alpha value is -1.44. The van der Waals surface area contributed by atoms with Gasteiger partial charge >= 0.3 is 0 Å². The summed E-state index contributed by atoms with van der Waals surface area (Å²) in [5.41, 5.74) is 2.85. The third-order valence-electron chi connectivity index (χ3n) is 3.39. The molecule has 7 heteroatoms. The van der Waals surface area contributed by atoms with Gasteiger partial charge in [-0.3, -0.25) is 0 Å². The summed E-state index contributed by atoms with van der Waals surface area (Å²) in [5.74, 6) is 0.964. The Morgan fingerprint density at radius 1 is 1.33 bits per heavy atom. The third kappa shape index (κ3) is 3.25. The Morgan fingerprint density at radius 2 is 2.00 bits per heavy atom. The van der Waals surface area contributed by atoms with Gasteiger partial charge in [0.15, 0.2) is 0 Å². The average molecular weight is 310 g/mol. The maximum Gasteiger partial charge on any atom is 0.279 e. The van der Waals surface area contributed by atoms with Crippen molar-refractivity contribution in [3.05, 3.63) is 29.6 Å². The van der Waals surface area contributed by atoms with Crippen LogP contribution in [0.3, 0.4) is 0 Å². The second kappa shape index (κ2) is 5.75. The predicted molar refractivity (Wildman–Crippen MR) is 84.3 cm³/mol. The van der Waals surface area contributed by atoms with E-state index in [2.05, 4.69) is 28.1 Å². The molecule has 0 fully saturated rings. The van der Waals surface area contributed by atoms with Gasteiger partial charge in [0.25, 0.3) is 10.2 Å². The van der Waals surface area contributed by atoms with Gasteiger partial charge < -0.3 is 4.57 Å². The summed E-state index contributed by atoms with van der Waals surface area (Å²) in [6.45, 7) is 6.47. The lowest BCUT2D eigenvalue weighted by molar-refractivity contribution is 0.505. The molecule has 0 spiro atoms. The maximum absolute atomic E-state index is 11.7. The lowest BCUT2D eigenvalue weighted by Gasteiger charge is -2.13. The van der Waals surface area contributed by atoms with Crippen molar-refractivity contribution in [1.82, 2.24) is 18.6 Å². The first kappa shape index (κ1) is 15.9. The molecule has 2 aromatic rings. The molecule has 1 aromatic heterocycles. The summed E-state index contributed by atoms with van der Waals surface area (Å²) in [7, 11) is -0.410. The molecule has 116 valence electrons. The molecule has 0 amide bonds. The lowest BCUT2D eigenvalue weighted by atomic mass is 10.2. The van der Waals surface area contributed by atoms with Crippen LogP contribution in [0.2, 0.25) is 0 Å². The van der Waals surface area contributed by atoms with E-state index in [0.29, 0.717) is 6.04 Å². The van der Waals surface area contributed by atoms with Gasteiger partial charge in [-0.15, -0.1) is 0 Å². The van der Waals surface area contributed by atoms with Crippen LogP contribution in [0.25, 0.3) is 11.0 Å². The molecule has 0 unspecified atom stereocenters. The van der Waals surface area contributed by atoms with Crippen LogP contribution in [-0.4, -0.2) is 36.4 Å². The van der Waals surface area contributed by atoms with Crippen LogP contribution in [0.1, 0.15) is 31.3 Å². The van der Waals surface area contributed by atoms with E-state index < -0.39 is 10.2 Å². The summed E-state index contributed by atoms with van der Waals surface area (Å²) in [6, 6.07) is 6.20. The van der Waals surface area contributed by atoms with Crippen LogP contribution < -0.4 is 4.72 Å². The molecule has 1 aromatic carbocycles. The molecule has 21 heavy (non-hydrogen) atoms. The molecule has 0 aliphatic heterocycles. The number of nitrogens with one attached hydrogen (secondary N) is 1. The summed E-state index contributed by atoms with van der Waals surface area (Å²) >= 11 is 0. The number of rotatable bonds is 5. The lowest BCUT2D eigenvalue weighted by Crippen LogP contribution is -2.35. The van der Waals surface area contributed by atoms with E-state index in [1.165, 1.54) is 14.1 Å². The Labute approximate surface area is 126 Å². The van der Waals surface area contributed by atoms with Crippen LogP contribution in [0, 0.1) is 6.92 Å². The summed E-state index contributed by atoms with van der Waals surface area (Å²) in [5, 5.41) is 0. The predicted octanol–water partition coefficient (Wildman–Crippen LogP) is 1.82. The van der Waals surface area contributed by atoms with E-state index in [-0.39, 0.29) is 6.54 Å². The quantitative estimate of drug-likeness (QED) is 0.916. The van der Waals surface area contributed by atoms with Crippen molar-refractivity contribution >= 4 is 21.2 Å². The van der Waals surface area contributed by atoms with Crippen LogP contribution >= 0.6 is 0 Å². The maximum atomic E-state index is 11.7. The van der Waals surface area contributed by atoms with Gasteiger partial charge in [0.2, 0.25) is 0 Å². The van der Waals surface area contributed by atoms with Crippen LogP contribution in [0.4, 0.5) is 0 Å². The molecule has 0 atom stereocenters. The second-order valence-electron chi connectivity index (χ2n) is 5.55. The molecule has 6 nitrogen and oxygen atoms in total. The normalized spacial score (nSPS) is 12.7. The van der Waals surface area contributed by atoms with Gasteiger partial charge in [0, 0.05) is 26.7 Å². The van der Waals surface area contributed by atoms with Crippen molar-refractivity contribution in [2.45, 2.75) is 33.4 Å². The summed E-state index contributed by atoms with van der Waals surface area (Å²) in [6.07, 6.45) is 0. The molecule has 1 N–H and O–H groups in total. The van der Waals surface area contributed by atoms with Gasteiger partial charge in [-0.05, 0) is 38.5 Å². The van der Waals surface area contributed by atoms with Crippen LogP contribution in [-0.2, 0) is 16.8 Å². The number of hydrogen-bond donors (Lipinski definition) is 1. The van der Waals surface area contributed by atoms with Gasteiger partial charge in [-0.1, -0.05) is 6.07 Å². The molecule has 0 radical (unpaired) electrons. The van der Waals surface area contributed by atoms with Gasteiger partial charge in [0.05, 0.1) is 11.0 Å². The molecule has 0 aliphatic rings. The van der Waals surface area contributed by atoms with Crippen molar-refractivity contribution in [3.8, 4) is 0 Å². The summed E-state index contributed by atoms with van der Waals surface area (Å²) < 4.78 is 29.3. The number of fused-ring (bicyclic) bond motifs is 1. The Morgan fingerprint density at radius 3 is 2.57 bits per heavy atom. The van der Waals surface area contributed by atoms with E-state index in [4.69, 9.17) is 0 Å². The fourth-order valence-corrected chi connectivity index (χ4v) is 2.94. The zero-order valence-corrected chi connectivity index (χ0v) is 13.9. The number of aryl methyl sites for hydroxylation is 1. The minimum absolute atomic E-state index is 0.254. The van der Waals surface area contributed by atoms with Crippen molar-refractivity contribution < 1.29 is 8.42 Å². The van der Waals surface area contributed by atoms with Crippen LogP contribution in [0.5, 0.6) is 0 Å². The molecule has 2 rings (SSSR count). The number of benzene rings is 1. The minimum atomic E-state index is -3.41. The molecule has 0 bridgehead atoms. The van der Waals surface area contributed by atoms with E-state index in [9.17, 15) is 8.42 Å². The Bertz CT molecular complexity index is 748. The van der Waals surface area contributed by atoms with Gasteiger partial charge in [-0.2, -0.15) is 17.4 Å². The highest BCUT2D eigenvalue weighted by Crippen LogP contribution is 2.21. The highest BCUT2D eigenvalue weighted by atomic mass is 32.2. The molecule has 1 heterocycles. The zero-order valence-electron chi connectivity index (χ0n) is 13.1. The zero-order chi connectivity index (χ0) is 15.8. The Balaban J connectivity index is 2.29. The number of imidazole rings is 1. The molecule has 0 saturated carbocycles. The Kier molecular flexibility index (Phi) is 4.36. The molecule has 0 aliphatic carbocycles. The van der Waals surface area contributed by atoms with E-state index in [1.807, 2.05) is 25.1 Å². The SMILES string of the molecule is Cc1nc2cc(CNS(=O)(=O)N(C)C)ccc2n1C(C)C. The average Bonchev–Trinajstić information content (AvgIpc) is 2.71. The highest BCUT2D eigenvalue weighted by Gasteiger charge is 2.14. The number of aromatic nitrogens is 2. The van der Waals surface area contributed by atoms with E-state index in [0.717, 1.165) is 26.7 Å². The highest BCUT2D eigenvalue weighted by molar-refractivity contribution is 7.87. The van der Waals surface area contributed by atoms with Crippen molar-refractivity contribution in [2.75, 3.05) is 14.1 Å². The van der Waals surface area contributed by atoms with Gasteiger partial charge in [-0.25, -0.2) is 4.98 Å². The molecule has 0 saturated heterocycles. The van der Waals surface area contributed by atoms with Gasteiger partial charge in [0.1, 0.15) is 5.82 Å². The molecular weight excluding hydrogens is 288 g/mol. The van der Waals surface area contributed by atoms with Crippen LogP contribution in [0.15, 0.2) is 18.2 Å². The summed E-state index contributed by atoms with van der Waals surface area (Å²) in [4.78, 5) is 4.55. The fourth-order valence-electron chi connectivity index (χ4n) is 2.33. The topological polar surface area (TPSA) is 67.2 Å². The van der Waals surface area contributed by atoms with Crippen molar-refractivity contribution in [2.24, 2.45) is 0 Å². The fraction of sp³-hybridized carbons (Fsp3) is 0.500. The van der Waals surface area contributed by atoms with Crippen molar-refractivity contribution in [3.63, 3.8) is 0 Å². The first-order chi connectivity index (χ1) is 9.72. The van der Waals surface area contributed by atoms with Crippen molar-refractivity contribution in [1.29, 1.82) is 0 Å². The molecular formula is C14H22N4O2S. The monoisotopic (exact) mass is 310 g/mol. The first-order valence-electron chi connectivity index (χ1n) is 6.87. The number of nitrogens with zero attached hydrogens (tertiary/aromatic N) is 3. The number of hydrogen-bond acceptors (Lipinski definition) is 3. The largest absolute Gasteiger partial charge is 0.326 e. The smallest absolute Gasteiger partial charge is 0.279 e. The third-order valence-corrected chi connectivity index (χ3v) is 4.86. The minimum Gasteiger partial charge on any atom is -0.326 e. The van der Waals surface area contributed by atoms with E-state index in [1.54, 1.807) is 0 Å². The van der Waals surface area contributed by atoms with E-state index >= 15 is 0 Å². The second-order valence-corrected chi connectivity index (χ2v) is 7.52.